The highest BCUT2D eigenvalue weighted by Crippen LogP contribution is 2.37. The van der Waals surface area contributed by atoms with Crippen LogP contribution in [-0.2, 0) is 12.8 Å². The molecule has 1 heterocycles. The van der Waals surface area contributed by atoms with Crippen LogP contribution in [-0.4, -0.2) is 16.5 Å². The lowest BCUT2D eigenvalue weighted by atomic mass is 10.0. The van der Waals surface area contributed by atoms with Crippen LogP contribution >= 0.6 is 34.5 Å². The smallest absolute Gasteiger partial charge is 0.281 e. The molecule has 1 aromatic heterocycles. The van der Waals surface area contributed by atoms with Gasteiger partial charge in [0.05, 0.1) is 17.2 Å². The molecule has 7 heteroatoms. The number of ether oxygens (including phenoxy) is 1. The largest absolute Gasteiger partial charge is 0.431 e. The molecule has 0 amide bonds. The first-order chi connectivity index (χ1) is 11.7. The molecule has 134 valence electrons. The molecule has 1 aromatic carbocycles. The van der Waals surface area contributed by atoms with Gasteiger partial charge in [0.2, 0.25) is 0 Å². The molecule has 4 nitrogen and oxygen atoms in total. The van der Waals surface area contributed by atoms with Crippen LogP contribution in [0.5, 0.6) is 10.9 Å². The number of aryl methyl sites for hydroxylation is 2. The zero-order valence-electron chi connectivity index (χ0n) is 15.0. The zero-order valence-corrected chi connectivity index (χ0v) is 17.3. The minimum Gasteiger partial charge on any atom is -0.431 e. The van der Waals surface area contributed by atoms with Crippen molar-refractivity contribution in [3.05, 3.63) is 32.7 Å². The topological polar surface area (TPSA) is 46.8 Å². The van der Waals surface area contributed by atoms with Gasteiger partial charge in [-0.2, -0.15) is 9.98 Å². The fraction of sp³-hybridized carbons (Fsp3) is 0.444. The summed E-state index contributed by atoms with van der Waals surface area (Å²) in [6.45, 7) is 10.2. The Labute approximate surface area is 162 Å². The van der Waals surface area contributed by atoms with Gasteiger partial charge < -0.3 is 4.74 Å². The van der Waals surface area contributed by atoms with Gasteiger partial charge in [-0.3, -0.25) is 0 Å². The molecule has 25 heavy (non-hydrogen) atoms. The quantitative estimate of drug-likeness (QED) is 0.511. The number of aliphatic imine (C=N–C) groups is 2. The van der Waals surface area contributed by atoms with E-state index in [4.69, 9.17) is 27.9 Å². The first-order valence-corrected chi connectivity index (χ1v) is 9.63. The zero-order chi connectivity index (χ0) is 18.6. The van der Waals surface area contributed by atoms with Gasteiger partial charge in [-0.05, 0) is 56.9 Å². The van der Waals surface area contributed by atoms with E-state index < -0.39 is 0 Å². The third kappa shape index (κ3) is 5.55. The average Bonchev–Trinajstić information content (AvgIpc) is 2.84. The first-order valence-electron chi connectivity index (χ1n) is 8.06. The number of nitrogens with zero attached hydrogens (tertiary/aromatic N) is 3. The van der Waals surface area contributed by atoms with Crippen LogP contribution in [0.25, 0.3) is 0 Å². The van der Waals surface area contributed by atoms with Crippen molar-refractivity contribution in [3.8, 4) is 10.9 Å². The maximum atomic E-state index is 5.94. The minimum absolute atomic E-state index is 0.200. The molecule has 0 aliphatic heterocycles. The van der Waals surface area contributed by atoms with Gasteiger partial charge in [-0.15, -0.1) is 0 Å². The Hall–Kier alpha value is -1.39. The summed E-state index contributed by atoms with van der Waals surface area (Å²) in [5, 5.41) is 0.678. The fourth-order valence-electron chi connectivity index (χ4n) is 2.10. The van der Waals surface area contributed by atoms with Crippen molar-refractivity contribution >= 4 is 46.2 Å². The van der Waals surface area contributed by atoms with Gasteiger partial charge in [0, 0.05) is 0 Å². The Morgan fingerprint density at radius 1 is 1.16 bits per heavy atom. The van der Waals surface area contributed by atoms with E-state index in [0.717, 1.165) is 29.7 Å². The van der Waals surface area contributed by atoms with E-state index in [-0.39, 0.29) is 10.7 Å². The van der Waals surface area contributed by atoms with Crippen LogP contribution in [0.2, 0.25) is 9.49 Å². The maximum absolute atomic E-state index is 5.94. The molecule has 0 fully saturated rings. The summed E-state index contributed by atoms with van der Waals surface area (Å²) < 4.78 is 6.25. The predicted molar refractivity (Wildman–Crippen MR) is 107 cm³/mol. The number of hydrogen-bond donors (Lipinski definition) is 0. The van der Waals surface area contributed by atoms with Gasteiger partial charge in [0.25, 0.3) is 5.19 Å². The van der Waals surface area contributed by atoms with Crippen molar-refractivity contribution in [1.29, 1.82) is 0 Å². The molecule has 0 radical (unpaired) electrons. The minimum atomic E-state index is -0.200. The highest BCUT2D eigenvalue weighted by atomic mass is 35.5. The predicted octanol–water partition coefficient (Wildman–Crippen LogP) is 6.97. The number of aromatic nitrogens is 1. The summed E-state index contributed by atoms with van der Waals surface area (Å²) in [5.74, 6) is 0.697. The summed E-state index contributed by atoms with van der Waals surface area (Å²) in [7, 11) is 0. The van der Waals surface area contributed by atoms with Gasteiger partial charge in [-0.25, -0.2) is 4.99 Å². The Bertz CT molecular complexity index is 774. The highest BCUT2D eigenvalue weighted by molar-refractivity contribution is 7.18. The average molecular weight is 398 g/mol. The molecule has 0 saturated heterocycles. The fourth-order valence-corrected chi connectivity index (χ4v) is 3.15. The maximum Gasteiger partial charge on any atom is 0.281 e. The Morgan fingerprint density at radius 2 is 1.76 bits per heavy atom. The molecular weight excluding hydrogens is 377 g/mol. The number of halogens is 2. The van der Waals surface area contributed by atoms with Gasteiger partial charge in [-0.1, -0.05) is 48.4 Å². The lowest BCUT2D eigenvalue weighted by Crippen LogP contribution is -2.08. The molecule has 0 aliphatic rings. The van der Waals surface area contributed by atoms with E-state index in [0.29, 0.717) is 15.3 Å². The number of hydrogen-bond acceptors (Lipinski definition) is 5. The monoisotopic (exact) mass is 397 g/mol. The van der Waals surface area contributed by atoms with Crippen molar-refractivity contribution in [3.63, 3.8) is 0 Å². The van der Waals surface area contributed by atoms with Crippen LogP contribution in [0.4, 0.5) is 5.69 Å². The second-order valence-electron chi connectivity index (χ2n) is 6.44. The van der Waals surface area contributed by atoms with E-state index in [2.05, 4.69) is 34.8 Å². The van der Waals surface area contributed by atoms with Crippen molar-refractivity contribution in [2.75, 3.05) is 0 Å². The van der Waals surface area contributed by atoms with Crippen LogP contribution in [0.15, 0.2) is 22.1 Å². The SMILES string of the molecule is CCc1cc(Oc2nc(Cl)c(Cl)s2)cc(CC)c1N=C=NC(C)(C)C. The van der Waals surface area contributed by atoms with Gasteiger partial charge in [0.15, 0.2) is 5.15 Å². The molecule has 0 bridgehead atoms. The van der Waals surface area contributed by atoms with Crippen LogP contribution in [0, 0.1) is 0 Å². The summed E-state index contributed by atoms with van der Waals surface area (Å²) in [6, 6.07) is 6.75. The number of benzene rings is 1. The standard InChI is InChI=1S/C18H21Cl2N3OS/c1-6-11-8-13(24-17-23-15(19)16(20)25-17)9-12(7-2)14(11)21-10-22-18(3,4)5/h8-9H,6-7H2,1-5H3. The van der Waals surface area contributed by atoms with Crippen molar-refractivity contribution in [2.24, 2.45) is 9.98 Å². The lowest BCUT2D eigenvalue weighted by molar-refractivity contribution is 0.477. The Kier molecular flexibility index (Phi) is 6.64. The lowest BCUT2D eigenvalue weighted by Gasteiger charge is -2.12. The van der Waals surface area contributed by atoms with Crippen LogP contribution < -0.4 is 4.74 Å². The Balaban J connectivity index is 2.41. The Morgan fingerprint density at radius 3 is 2.20 bits per heavy atom. The van der Waals surface area contributed by atoms with E-state index in [1.165, 1.54) is 11.3 Å². The van der Waals surface area contributed by atoms with E-state index in [1.54, 1.807) is 0 Å². The van der Waals surface area contributed by atoms with Crippen LogP contribution in [0.3, 0.4) is 0 Å². The molecule has 0 unspecified atom stereocenters. The molecule has 0 aliphatic carbocycles. The van der Waals surface area contributed by atoms with Crippen LogP contribution in [0.1, 0.15) is 45.7 Å². The number of rotatable bonds is 5. The molecule has 2 aromatic rings. The van der Waals surface area contributed by atoms with Crippen molar-refractivity contribution < 1.29 is 4.74 Å². The van der Waals surface area contributed by atoms with E-state index in [1.807, 2.05) is 32.9 Å². The van der Waals surface area contributed by atoms with Crippen molar-refractivity contribution in [1.82, 2.24) is 4.98 Å². The number of thiazole rings is 1. The second kappa shape index (κ2) is 8.33. The third-order valence-corrected chi connectivity index (χ3v) is 4.90. The molecule has 0 N–H and O–H groups in total. The summed E-state index contributed by atoms with van der Waals surface area (Å²) in [6.07, 6.45) is 1.64. The molecule has 0 spiro atoms. The highest BCUT2D eigenvalue weighted by Gasteiger charge is 2.13. The summed E-state index contributed by atoms with van der Waals surface area (Å²) in [5.41, 5.74) is 2.84. The third-order valence-electron chi connectivity index (χ3n) is 3.28. The van der Waals surface area contributed by atoms with E-state index >= 15 is 0 Å². The first kappa shape index (κ1) is 19.9. The molecule has 0 atom stereocenters. The van der Waals surface area contributed by atoms with E-state index in [9.17, 15) is 0 Å². The van der Waals surface area contributed by atoms with Gasteiger partial charge in [0.1, 0.15) is 10.1 Å². The molecule has 2 rings (SSSR count). The second-order valence-corrected chi connectivity index (χ2v) is 8.36. The normalized spacial score (nSPS) is 11.2. The summed E-state index contributed by atoms with van der Waals surface area (Å²) >= 11 is 13.0. The van der Waals surface area contributed by atoms with Gasteiger partial charge >= 0.3 is 0 Å². The van der Waals surface area contributed by atoms with Crippen molar-refractivity contribution in [2.45, 2.75) is 53.0 Å². The summed E-state index contributed by atoms with van der Waals surface area (Å²) in [4.78, 5) is 12.9. The molecule has 0 saturated carbocycles. The molecular formula is C18H21Cl2N3OS.